The van der Waals surface area contributed by atoms with Crippen molar-refractivity contribution in [2.24, 2.45) is 0 Å². The van der Waals surface area contributed by atoms with Crippen LogP contribution >= 0.6 is 23.2 Å². The van der Waals surface area contributed by atoms with Crippen LogP contribution in [0.5, 0.6) is 5.75 Å². The monoisotopic (exact) mass is 372 g/mol. The van der Waals surface area contributed by atoms with Crippen molar-refractivity contribution in [1.29, 1.82) is 5.26 Å². The van der Waals surface area contributed by atoms with Crippen LogP contribution in [-0.2, 0) is 4.79 Å². The van der Waals surface area contributed by atoms with Crippen LogP contribution in [0.25, 0.3) is 6.08 Å². The molecule has 6 heteroatoms. The Bertz CT molecular complexity index is 853. The maximum absolute atomic E-state index is 12.3. The first kappa shape index (κ1) is 18.6. The molecule has 0 bridgehead atoms. The number of carbonyl (C=O) groups excluding carboxylic acids is 1. The van der Waals surface area contributed by atoms with Gasteiger partial charge in [-0.05, 0) is 48.5 Å². The Morgan fingerprint density at radius 2 is 1.88 bits per heavy atom. The number of benzene rings is 2. The summed E-state index contributed by atoms with van der Waals surface area (Å²) in [6.45, 7) is 3.88. The Kier molecular flexibility index (Phi) is 6.64. The fraction of sp³-hybridized carbons (Fsp3) is 0.0526. The highest BCUT2D eigenvalue weighted by Gasteiger charge is 2.12. The standard InChI is InChI=1S/C19H14Cl2N2O2/c1-2-9-25-18-8-5-16(21)11-13(18)10-14(12-22)19(24)23-17-6-3-15(20)4-7-17/h2-8,10-11H,1,9H2,(H,23,24)/b14-10+. The molecule has 1 amide bonds. The highest BCUT2D eigenvalue weighted by atomic mass is 35.5. The van der Waals surface area contributed by atoms with E-state index in [9.17, 15) is 10.1 Å². The van der Waals surface area contributed by atoms with E-state index in [1.807, 2.05) is 6.07 Å². The van der Waals surface area contributed by atoms with Crippen molar-refractivity contribution in [1.82, 2.24) is 0 Å². The second kappa shape index (κ2) is 8.93. The number of nitriles is 1. The van der Waals surface area contributed by atoms with Crippen LogP contribution in [0.2, 0.25) is 10.0 Å². The first-order chi connectivity index (χ1) is 12.0. The number of ether oxygens (including phenoxy) is 1. The number of hydrogen-bond acceptors (Lipinski definition) is 3. The van der Waals surface area contributed by atoms with E-state index < -0.39 is 5.91 Å². The number of nitrogens with zero attached hydrogens (tertiary/aromatic N) is 1. The molecular weight excluding hydrogens is 359 g/mol. The molecule has 1 N–H and O–H groups in total. The van der Waals surface area contributed by atoms with E-state index in [0.717, 1.165) is 0 Å². The number of nitrogens with one attached hydrogen (secondary N) is 1. The van der Waals surface area contributed by atoms with Crippen molar-refractivity contribution in [2.45, 2.75) is 0 Å². The van der Waals surface area contributed by atoms with Crippen LogP contribution in [0.1, 0.15) is 5.56 Å². The third-order valence-electron chi connectivity index (χ3n) is 3.10. The molecule has 0 aliphatic heterocycles. The third-order valence-corrected chi connectivity index (χ3v) is 3.58. The van der Waals surface area contributed by atoms with Crippen molar-refractivity contribution in [3.05, 3.63) is 76.3 Å². The van der Waals surface area contributed by atoms with Gasteiger partial charge in [-0.25, -0.2) is 0 Å². The molecule has 0 saturated carbocycles. The average molecular weight is 373 g/mol. The molecular formula is C19H14Cl2N2O2. The Labute approximate surface area is 155 Å². The third kappa shape index (κ3) is 5.39. The summed E-state index contributed by atoms with van der Waals surface area (Å²) in [5, 5.41) is 13.0. The summed E-state index contributed by atoms with van der Waals surface area (Å²) in [6, 6.07) is 13.4. The van der Waals surface area contributed by atoms with Gasteiger partial charge >= 0.3 is 0 Å². The van der Waals surface area contributed by atoms with Crippen molar-refractivity contribution >= 4 is 40.9 Å². The molecule has 2 aromatic carbocycles. The second-order valence-corrected chi connectivity index (χ2v) is 5.79. The van der Waals surface area contributed by atoms with Crippen LogP contribution in [0.15, 0.2) is 60.7 Å². The molecule has 0 unspecified atom stereocenters. The molecule has 4 nitrogen and oxygen atoms in total. The minimum atomic E-state index is -0.542. The zero-order valence-corrected chi connectivity index (χ0v) is 14.6. The summed E-state index contributed by atoms with van der Waals surface area (Å²) in [4.78, 5) is 12.3. The van der Waals surface area contributed by atoms with Gasteiger partial charge in [0.2, 0.25) is 0 Å². The summed E-state index contributed by atoms with van der Waals surface area (Å²) in [5.74, 6) is -0.0455. The number of carbonyl (C=O) groups is 1. The summed E-state index contributed by atoms with van der Waals surface area (Å²) >= 11 is 11.8. The molecule has 2 aromatic rings. The molecule has 0 heterocycles. The van der Waals surface area contributed by atoms with Gasteiger partial charge in [0.05, 0.1) is 0 Å². The molecule has 0 aliphatic carbocycles. The number of rotatable bonds is 6. The summed E-state index contributed by atoms with van der Waals surface area (Å²) in [6.07, 6.45) is 3.02. The molecule has 25 heavy (non-hydrogen) atoms. The van der Waals surface area contributed by atoms with Gasteiger partial charge in [-0.2, -0.15) is 5.26 Å². The molecule has 0 aromatic heterocycles. The Balaban J connectivity index is 2.28. The van der Waals surface area contributed by atoms with E-state index in [-0.39, 0.29) is 5.57 Å². The van der Waals surface area contributed by atoms with E-state index in [1.54, 1.807) is 48.5 Å². The number of amides is 1. The van der Waals surface area contributed by atoms with Crippen molar-refractivity contribution in [3.63, 3.8) is 0 Å². The molecule has 0 fully saturated rings. The van der Waals surface area contributed by atoms with Crippen LogP contribution in [0.4, 0.5) is 5.69 Å². The first-order valence-corrected chi connectivity index (χ1v) is 8.01. The lowest BCUT2D eigenvalue weighted by Crippen LogP contribution is -2.13. The number of hydrogen-bond donors (Lipinski definition) is 1. The fourth-order valence-corrected chi connectivity index (χ4v) is 2.25. The maximum atomic E-state index is 12.3. The SMILES string of the molecule is C=CCOc1ccc(Cl)cc1/C=C(\C#N)C(=O)Nc1ccc(Cl)cc1. The zero-order chi connectivity index (χ0) is 18.2. The first-order valence-electron chi connectivity index (χ1n) is 7.25. The largest absolute Gasteiger partial charge is 0.489 e. The zero-order valence-electron chi connectivity index (χ0n) is 13.1. The molecule has 0 spiro atoms. The van der Waals surface area contributed by atoms with Gasteiger partial charge in [-0.1, -0.05) is 35.9 Å². The van der Waals surface area contributed by atoms with Crippen LogP contribution in [-0.4, -0.2) is 12.5 Å². The fourth-order valence-electron chi connectivity index (χ4n) is 1.95. The number of anilines is 1. The van der Waals surface area contributed by atoms with Gasteiger partial charge in [-0.15, -0.1) is 0 Å². The van der Waals surface area contributed by atoms with Crippen molar-refractivity contribution in [3.8, 4) is 11.8 Å². The topological polar surface area (TPSA) is 62.1 Å². The lowest BCUT2D eigenvalue weighted by molar-refractivity contribution is -0.112. The lowest BCUT2D eigenvalue weighted by Gasteiger charge is -2.09. The van der Waals surface area contributed by atoms with Gasteiger partial charge in [0.15, 0.2) is 0 Å². The Hall–Kier alpha value is -2.74. The normalized spacial score (nSPS) is 10.7. The van der Waals surface area contributed by atoms with Crippen LogP contribution < -0.4 is 10.1 Å². The van der Waals surface area contributed by atoms with E-state index in [0.29, 0.717) is 33.7 Å². The predicted octanol–water partition coefficient (Wildman–Crippen LogP) is 5.10. The van der Waals surface area contributed by atoms with E-state index in [2.05, 4.69) is 11.9 Å². The van der Waals surface area contributed by atoms with E-state index in [1.165, 1.54) is 6.08 Å². The quantitative estimate of drug-likeness (QED) is 0.435. The molecule has 126 valence electrons. The van der Waals surface area contributed by atoms with E-state index in [4.69, 9.17) is 27.9 Å². The van der Waals surface area contributed by atoms with Gasteiger partial charge in [0.1, 0.15) is 24.0 Å². The minimum absolute atomic E-state index is 0.0827. The predicted molar refractivity (Wildman–Crippen MR) is 101 cm³/mol. The molecule has 2 rings (SSSR count). The van der Waals surface area contributed by atoms with Crippen LogP contribution in [0, 0.1) is 11.3 Å². The van der Waals surface area contributed by atoms with Crippen LogP contribution in [0.3, 0.4) is 0 Å². The summed E-state index contributed by atoms with van der Waals surface area (Å²) < 4.78 is 5.52. The summed E-state index contributed by atoms with van der Waals surface area (Å²) in [5.41, 5.74) is 0.975. The minimum Gasteiger partial charge on any atom is -0.489 e. The van der Waals surface area contributed by atoms with E-state index >= 15 is 0 Å². The van der Waals surface area contributed by atoms with Gasteiger partial charge in [-0.3, -0.25) is 4.79 Å². The lowest BCUT2D eigenvalue weighted by atomic mass is 10.1. The highest BCUT2D eigenvalue weighted by molar-refractivity contribution is 6.31. The molecule has 0 aliphatic rings. The van der Waals surface area contributed by atoms with Gasteiger partial charge in [0.25, 0.3) is 5.91 Å². The Morgan fingerprint density at radius 3 is 2.52 bits per heavy atom. The Morgan fingerprint density at radius 1 is 1.20 bits per heavy atom. The van der Waals surface area contributed by atoms with Crippen molar-refractivity contribution in [2.75, 3.05) is 11.9 Å². The van der Waals surface area contributed by atoms with Gasteiger partial charge in [0, 0.05) is 21.3 Å². The summed E-state index contributed by atoms with van der Waals surface area (Å²) in [7, 11) is 0. The second-order valence-electron chi connectivity index (χ2n) is 4.91. The molecule has 0 radical (unpaired) electrons. The average Bonchev–Trinajstić information content (AvgIpc) is 2.60. The van der Waals surface area contributed by atoms with Crippen molar-refractivity contribution < 1.29 is 9.53 Å². The molecule has 0 atom stereocenters. The smallest absolute Gasteiger partial charge is 0.266 e. The highest BCUT2D eigenvalue weighted by Crippen LogP contribution is 2.26. The number of halogens is 2. The molecule has 0 saturated heterocycles. The maximum Gasteiger partial charge on any atom is 0.266 e. The van der Waals surface area contributed by atoms with Gasteiger partial charge < -0.3 is 10.1 Å².